The van der Waals surface area contributed by atoms with Crippen LogP contribution in [0, 0.1) is 0 Å². The van der Waals surface area contributed by atoms with Gasteiger partial charge in [-0.3, -0.25) is 14.9 Å². The first-order valence-corrected chi connectivity index (χ1v) is 8.90. The third-order valence-corrected chi connectivity index (χ3v) is 4.22. The van der Waals surface area contributed by atoms with Crippen LogP contribution in [0.3, 0.4) is 0 Å². The van der Waals surface area contributed by atoms with E-state index in [4.69, 9.17) is 9.47 Å². The molecule has 0 bridgehead atoms. The summed E-state index contributed by atoms with van der Waals surface area (Å²) in [4.78, 5) is 46.7. The summed E-state index contributed by atoms with van der Waals surface area (Å²) in [5.41, 5.74) is 0.533. The Bertz CT molecular complexity index is 695. The van der Waals surface area contributed by atoms with E-state index in [1.807, 2.05) is 0 Å². The molecule has 0 spiro atoms. The monoisotopic (exact) mass is 376 g/mol. The molecule has 0 radical (unpaired) electrons. The molecule has 0 heterocycles. The molecule has 1 aliphatic rings. The number of Topliss-reactive ketones (excluding diaryl/α,β-unsaturated/α-hetero) is 1. The molecule has 2 N–H and O–H groups in total. The summed E-state index contributed by atoms with van der Waals surface area (Å²) in [5.74, 6) is -1.13. The molecular formula is C19H24N2O6. The van der Waals surface area contributed by atoms with Crippen LogP contribution in [0.25, 0.3) is 0 Å². The van der Waals surface area contributed by atoms with E-state index in [0.717, 1.165) is 25.7 Å². The van der Waals surface area contributed by atoms with Crippen molar-refractivity contribution in [1.29, 1.82) is 0 Å². The van der Waals surface area contributed by atoms with E-state index in [-0.39, 0.29) is 11.8 Å². The molecule has 2 rings (SSSR count). The number of rotatable bonds is 7. The van der Waals surface area contributed by atoms with Crippen molar-refractivity contribution in [2.75, 3.05) is 6.61 Å². The zero-order chi connectivity index (χ0) is 19.8. The molecule has 146 valence electrons. The minimum atomic E-state index is -1.13. The quantitative estimate of drug-likeness (QED) is 0.556. The number of ketones is 1. The Morgan fingerprint density at radius 3 is 2.33 bits per heavy atom. The van der Waals surface area contributed by atoms with E-state index in [2.05, 4.69) is 10.6 Å². The molecule has 0 aliphatic heterocycles. The smallest absolute Gasteiger partial charge is 0.344 e. The molecule has 1 aromatic carbocycles. The van der Waals surface area contributed by atoms with Crippen LogP contribution >= 0.6 is 0 Å². The highest BCUT2D eigenvalue weighted by atomic mass is 16.6. The van der Waals surface area contributed by atoms with Crippen molar-refractivity contribution in [3.63, 3.8) is 0 Å². The van der Waals surface area contributed by atoms with Crippen LogP contribution in [-0.2, 0) is 14.3 Å². The fraction of sp³-hybridized carbons (Fsp3) is 0.474. The Morgan fingerprint density at radius 2 is 1.74 bits per heavy atom. The van der Waals surface area contributed by atoms with Gasteiger partial charge in [-0.1, -0.05) is 12.8 Å². The highest BCUT2D eigenvalue weighted by molar-refractivity contribution is 5.97. The zero-order valence-corrected chi connectivity index (χ0v) is 15.4. The fourth-order valence-corrected chi connectivity index (χ4v) is 2.72. The fourth-order valence-electron chi connectivity index (χ4n) is 2.72. The van der Waals surface area contributed by atoms with Crippen molar-refractivity contribution in [2.24, 2.45) is 0 Å². The second kappa shape index (κ2) is 9.70. The SMILES string of the molecule is CC(=O)c1ccc(OCC(=O)O[C@@H](C)C(=O)NC(=O)NC2CCCC2)cc1. The van der Waals surface area contributed by atoms with E-state index in [1.54, 1.807) is 24.3 Å². The molecule has 1 saturated carbocycles. The van der Waals surface area contributed by atoms with Crippen molar-refractivity contribution in [3.8, 4) is 5.75 Å². The summed E-state index contributed by atoms with van der Waals surface area (Å²) in [6.07, 6.45) is 2.79. The molecule has 8 nitrogen and oxygen atoms in total. The van der Waals surface area contributed by atoms with Gasteiger partial charge < -0.3 is 14.8 Å². The molecule has 3 amide bonds. The van der Waals surface area contributed by atoms with Crippen LogP contribution in [0.2, 0.25) is 0 Å². The van der Waals surface area contributed by atoms with Gasteiger partial charge in [-0.15, -0.1) is 0 Å². The number of imide groups is 1. The molecule has 27 heavy (non-hydrogen) atoms. The van der Waals surface area contributed by atoms with Gasteiger partial charge in [-0.05, 0) is 51.0 Å². The first kappa shape index (κ1) is 20.4. The lowest BCUT2D eigenvalue weighted by Crippen LogP contribution is -2.47. The number of hydrogen-bond donors (Lipinski definition) is 2. The van der Waals surface area contributed by atoms with E-state index in [1.165, 1.54) is 13.8 Å². The molecule has 1 aliphatic carbocycles. The third kappa shape index (κ3) is 6.73. The van der Waals surface area contributed by atoms with Crippen molar-refractivity contribution in [3.05, 3.63) is 29.8 Å². The van der Waals surface area contributed by atoms with Gasteiger partial charge in [0.15, 0.2) is 18.5 Å². The van der Waals surface area contributed by atoms with Gasteiger partial charge in [0.1, 0.15) is 5.75 Å². The number of hydrogen-bond acceptors (Lipinski definition) is 6. The Morgan fingerprint density at radius 1 is 1.11 bits per heavy atom. The van der Waals surface area contributed by atoms with E-state index in [0.29, 0.717) is 11.3 Å². The van der Waals surface area contributed by atoms with Gasteiger partial charge in [-0.25, -0.2) is 9.59 Å². The molecule has 1 atom stereocenters. The molecular weight excluding hydrogens is 352 g/mol. The first-order valence-electron chi connectivity index (χ1n) is 8.90. The van der Waals surface area contributed by atoms with E-state index < -0.39 is 30.6 Å². The summed E-state index contributed by atoms with van der Waals surface area (Å²) in [7, 11) is 0. The zero-order valence-electron chi connectivity index (χ0n) is 15.4. The Balaban J connectivity index is 1.71. The number of amides is 3. The Hall–Kier alpha value is -2.90. The van der Waals surface area contributed by atoms with Crippen LogP contribution in [-0.4, -0.2) is 42.4 Å². The van der Waals surface area contributed by atoms with Gasteiger partial charge in [0.25, 0.3) is 5.91 Å². The lowest BCUT2D eigenvalue weighted by molar-refractivity contribution is -0.156. The van der Waals surface area contributed by atoms with Gasteiger partial charge in [0, 0.05) is 11.6 Å². The number of carbonyl (C=O) groups excluding carboxylic acids is 4. The summed E-state index contributed by atoms with van der Waals surface area (Å²) >= 11 is 0. The minimum absolute atomic E-state index is 0.0715. The second-order valence-electron chi connectivity index (χ2n) is 6.45. The molecule has 8 heteroatoms. The van der Waals surface area contributed by atoms with Gasteiger partial charge in [-0.2, -0.15) is 0 Å². The van der Waals surface area contributed by atoms with Gasteiger partial charge in [0.05, 0.1) is 0 Å². The number of nitrogens with one attached hydrogen (secondary N) is 2. The van der Waals surface area contributed by atoms with Crippen molar-refractivity contribution < 1.29 is 28.7 Å². The maximum atomic E-state index is 11.9. The van der Waals surface area contributed by atoms with E-state index in [9.17, 15) is 19.2 Å². The van der Waals surface area contributed by atoms with Crippen molar-refractivity contribution in [1.82, 2.24) is 10.6 Å². The minimum Gasteiger partial charge on any atom is -0.482 e. The largest absolute Gasteiger partial charge is 0.482 e. The molecule has 0 aromatic heterocycles. The standard InChI is InChI=1S/C19H24N2O6/c1-12(22)14-7-9-16(10-8-14)26-11-17(23)27-13(2)18(24)21-19(25)20-15-5-3-4-6-15/h7-10,13,15H,3-6,11H2,1-2H3,(H2,20,21,24,25)/t13-/m0/s1. The topological polar surface area (TPSA) is 111 Å². The summed E-state index contributed by atoms with van der Waals surface area (Å²) in [6, 6.07) is 5.79. The highest BCUT2D eigenvalue weighted by Crippen LogP contribution is 2.17. The first-order chi connectivity index (χ1) is 12.8. The summed E-state index contributed by atoms with van der Waals surface area (Å²) in [6.45, 7) is 2.43. The van der Waals surface area contributed by atoms with Crippen molar-refractivity contribution in [2.45, 2.75) is 51.7 Å². The number of benzene rings is 1. The Labute approximate surface area is 157 Å². The van der Waals surface area contributed by atoms with Crippen molar-refractivity contribution >= 4 is 23.7 Å². The average molecular weight is 376 g/mol. The van der Waals surface area contributed by atoms with Crippen LogP contribution in [0.4, 0.5) is 4.79 Å². The molecule has 0 unspecified atom stereocenters. The number of urea groups is 1. The van der Waals surface area contributed by atoms with Gasteiger partial charge >= 0.3 is 12.0 Å². The van der Waals surface area contributed by atoms with Gasteiger partial charge in [0.2, 0.25) is 0 Å². The number of ether oxygens (including phenoxy) is 2. The lowest BCUT2D eigenvalue weighted by Gasteiger charge is -2.15. The van der Waals surface area contributed by atoms with Crippen LogP contribution in [0.1, 0.15) is 49.9 Å². The maximum absolute atomic E-state index is 11.9. The Kier molecular flexibility index (Phi) is 7.34. The normalized spacial score (nSPS) is 14.9. The van der Waals surface area contributed by atoms with Crippen LogP contribution in [0.5, 0.6) is 5.75 Å². The summed E-state index contributed by atoms with van der Waals surface area (Å²) < 4.78 is 10.2. The maximum Gasteiger partial charge on any atom is 0.344 e. The number of carbonyl (C=O) groups is 4. The number of esters is 1. The average Bonchev–Trinajstić information content (AvgIpc) is 3.13. The second-order valence-corrected chi connectivity index (χ2v) is 6.45. The molecule has 1 aromatic rings. The predicted octanol–water partition coefficient (Wildman–Crippen LogP) is 1.97. The molecule has 0 saturated heterocycles. The summed E-state index contributed by atoms with van der Waals surface area (Å²) in [5, 5.41) is 4.88. The van der Waals surface area contributed by atoms with E-state index >= 15 is 0 Å². The van der Waals surface area contributed by atoms with Crippen LogP contribution < -0.4 is 15.4 Å². The lowest BCUT2D eigenvalue weighted by atomic mass is 10.1. The molecule has 1 fully saturated rings. The third-order valence-electron chi connectivity index (χ3n) is 4.22. The predicted molar refractivity (Wildman–Crippen MR) is 96.4 cm³/mol. The highest BCUT2D eigenvalue weighted by Gasteiger charge is 2.22. The van der Waals surface area contributed by atoms with Crippen LogP contribution in [0.15, 0.2) is 24.3 Å².